The molecule has 0 atom stereocenters. The van der Waals surface area contributed by atoms with Crippen molar-refractivity contribution >= 4 is 6.03 Å². The van der Waals surface area contributed by atoms with Crippen LogP contribution in [-0.4, -0.2) is 48.6 Å². The van der Waals surface area contributed by atoms with Gasteiger partial charge in [0.1, 0.15) is 12.2 Å². The smallest absolute Gasteiger partial charge is 0.317 e. The third-order valence-corrected chi connectivity index (χ3v) is 6.02. The molecule has 0 radical (unpaired) electrons. The van der Waals surface area contributed by atoms with Crippen molar-refractivity contribution in [1.29, 1.82) is 0 Å². The van der Waals surface area contributed by atoms with Crippen LogP contribution >= 0.6 is 0 Å². The highest BCUT2D eigenvalue weighted by Crippen LogP contribution is 2.26. The first kappa shape index (κ1) is 20.1. The summed E-state index contributed by atoms with van der Waals surface area (Å²) in [7, 11) is 1.97. The predicted octanol–water partition coefficient (Wildman–Crippen LogP) is 2.77. The van der Waals surface area contributed by atoms with E-state index in [4.69, 9.17) is 0 Å². The highest BCUT2D eigenvalue weighted by Gasteiger charge is 2.26. The van der Waals surface area contributed by atoms with Crippen molar-refractivity contribution in [2.75, 3.05) is 13.1 Å². The fourth-order valence-electron chi connectivity index (χ4n) is 4.18. The number of urea groups is 1. The van der Waals surface area contributed by atoms with Gasteiger partial charge in [0.15, 0.2) is 0 Å². The molecule has 1 aliphatic heterocycles. The molecule has 30 heavy (non-hydrogen) atoms. The van der Waals surface area contributed by atoms with Gasteiger partial charge in [0.2, 0.25) is 0 Å². The highest BCUT2D eigenvalue weighted by molar-refractivity contribution is 5.74. The van der Waals surface area contributed by atoms with Gasteiger partial charge in [-0.2, -0.15) is 5.10 Å². The largest absolute Gasteiger partial charge is 0.334 e. The molecule has 3 aromatic rings. The molecular weight excluding hydrogens is 378 g/mol. The van der Waals surface area contributed by atoms with Crippen LogP contribution in [0.5, 0.6) is 0 Å². The van der Waals surface area contributed by atoms with Gasteiger partial charge < -0.3 is 14.8 Å². The van der Waals surface area contributed by atoms with E-state index in [0.717, 1.165) is 55.3 Å². The van der Waals surface area contributed by atoms with Crippen molar-refractivity contribution in [3.05, 3.63) is 65.0 Å². The number of nitrogens with zero attached hydrogens (tertiary/aromatic N) is 6. The van der Waals surface area contributed by atoms with Gasteiger partial charge in [0.05, 0.1) is 12.2 Å². The Morgan fingerprint density at radius 1 is 1.17 bits per heavy atom. The van der Waals surface area contributed by atoms with E-state index in [1.165, 1.54) is 5.56 Å². The van der Waals surface area contributed by atoms with Crippen LogP contribution in [0.1, 0.15) is 47.1 Å². The number of nitrogens with one attached hydrogen (secondary N) is 1. The van der Waals surface area contributed by atoms with Gasteiger partial charge in [-0.1, -0.05) is 30.3 Å². The van der Waals surface area contributed by atoms with Crippen LogP contribution in [0, 0.1) is 13.8 Å². The number of benzene rings is 1. The highest BCUT2D eigenvalue weighted by atomic mass is 16.2. The van der Waals surface area contributed by atoms with Crippen LogP contribution in [0.3, 0.4) is 0 Å². The lowest BCUT2D eigenvalue weighted by atomic mass is 9.96. The maximum absolute atomic E-state index is 12.7. The SMILES string of the molecule is Cc1nn(Cc2ccccc2)c(C)c1CNC(=O)N1CCC(c2nncn2C)CC1. The van der Waals surface area contributed by atoms with E-state index in [1.807, 2.05) is 46.3 Å². The number of aryl methyl sites for hydroxylation is 2. The fourth-order valence-corrected chi connectivity index (χ4v) is 4.18. The fraction of sp³-hybridized carbons (Fsp3) is 0.455. The zero-order valence-electron chi connectivity index (χ0n) is 17.9. The lowest BCUT2D eigenvalue weighted by Gasteiger charge is -2.31. The summed E-state index contributed by atoms with van der Waals surface area (Å²) in [5, 5.41) is 16.0. The molecule has 2 amide bonds. The molecule has 0 unspecified atom stereocenters. The lowest BCUT2D eigenvalue weighted by molar-refractivity contribution is 0.179. The second-order valence-electron chi connectivity index (χ2n) is 8.01. The molecule has 0 aliphatic carbocycles. The Morgan fingerprint density at radius 2 is 1.90 bits per heavy atom. The Hall–Kier alpha value is -3.16. The van der Waals surface area contributed by atoms with Crippen LogP contribution < -0.4 is 5.32 Å². The van der Waals surface area contributed by atoms with E-state index in [-0.39, 0.29) is 6.03 Å². The summed E-state index contributed by atoms with van der Waals surface area (Å²) in [6.45, 7) is 6.76. The molecule has 0 spiro atoms. The molecule has 8 nitrogen and oxygen atoms in total. The summed E-state index contributed by atoms with van der Waals surface area (Å²) in [5.74, 6) is 1.37. The van der Waals surface area contributed by atoms with Crippen molar-refractivity contribution < 1.29 is 4.79 Å². The first-order chi connectivity index (χ1) is 14.5. The molecule has 1 N–H and O–H groups in total. The summed E-state index contributed by atoms with van der Waals surface area (Å²) in [6.07, 6.45) is 3.55. The minimum atomic E-state index is -0.0129. The lowest BCUT2D eigenvalue weighted by Crippen LogP contribution is -2.44. The van der Waals surface area contributed by atoms with Gasteiger partial charge in [-0.15, -0.1) is 10.2 Å². The Morgan fingerprint density at radius 3 is 2.57 bits per heavy atom. The third-order valence-electron chi connectivity index (χ3n) is 6.02. The van der Waals surface area contributed by atoms with Crippen LogP contribution in [-0.2, 0) is 20.1 Å². The zero-order valence-corrected chi connectivity index (χ0v) is 17.9. The molecule has 1 saturated heterocycles. The summed E-state index contributed by atoms with van der Waals surface area (Å²) < 4.78 is 3.98. The Balaban J connectivity index is 1.33. The number of piperidine rings is 1. The molecule has 1 aromatic carbocycles. The first-order valence-corrected chi connectivity index (χ1v) is 10.5. The molecule has 4 rings (SSSR count). The van der Waals surface area contributed by atoms with Gasteiger partial charge in [0, 0.05) is 43.9 Å². The number of amides is 2. The Labute approximate surface area is 176 Å². The Bertz CT molecular complexity index is 1000. The van der Waals surface area contributed by atoms with Crippen molar-refractivity contribution in [3.8, 4) is 0 Å². The number of hydrogen-bond acceptors (Lipinski definition) is 4. The van der Waals surface area contributed by atoms with Gasteiger partial charge in [-0.05, 0) is 32.3 Å². The normalized spacial score (nSPS) is 14.8. The summed E-state index contributed by atoms with van der Waals surface area (Å²) in [6, 6.07) is 10.3. The standard InChI is InChI=1S/C22H29N7O/c1-16-20(17(2)29(26-16)14-18-7-5-4-6-8-18)13-23-22(30)28-11-9-19(10-12-28)21-25-24-15-27(21)3/h4-8,15,19H,9-14H2,1-3H3,(H,23,30). The van der Waals surface area contributed by atoms with E-state index in [0.29, 0.717) is 12.5 Å². The van der Waals surface area contributed by atoms with Crippen LogP contribution in [0.15, 0.2) is 36.7 Å². The van der Waals surface area contributed by atoms with Gasteiger partial charge in [-0.3, -0.25) is 4.68 Å². The van der Waals surface area contributed by atoms with Crippen LogP contribution in [0.4, 0.5) is 4.79 Å². The van der Waals surface area contributed by atoms with E-state index in [9.17, 15) is 4.79 Å². The number of likely N-dealkylation sites (tertiary alicyclic amines) is 1. The number of rotatable bonds is 5. The van der Waals surface area contributed by atoms with E-state index < -0.39 is 0 Å². The third kappa shape index (κ3) is 4.22. The molecule has 1 aliphatic rings. The van der Waals surface area contributed by atoms with Crippen molar-refractivity contribution in [2.45, 2.75) is 45.7 Å². The van der Waals surface area contributed by atoms with Gasteiger partial charge in [-0.25, -0.2) is 4.79 Å². The quantitative estimate of drug-likeness (QED) is 0.705. The second-order valence-corrected chi connectivity index (χ2v) is 8.01. The minimum absolute atomic E-state index is 0.0129. The van der Waals surface area contributed by atoms with Crippen molar-refractivity contribution in [2.24, 2.45) is 7.05 Å². The molecular formula is C22H29N7O. The Kier molecular flexibility index (Phi) is 5.83. The molecule has 0 bridgehead atoms. The van der Waals surface area contributed by atoms with Crippen LogP contribution in [0.2, 0.25) is 0 Å². The molecule has 3 heterocycles. The summed E-state index contributed by atoms with van der Waals surface area (Å²) in [4.78, 5) is 14.6. The summed E-state index contributed by atoms with van der Waals surface area (Å²) in [5.41, 5.74) is 4.36. The first-order valence-electron chi connectivity index (χ1n) is 10.5. The van der Waals surface area contributed by atoms with Gasteiger partial charge >= 0.3 is 6.03 Å². The number of hydrogen-bond donors (Lipinski definition) is 1. The molecule has 8 heteroatoms. The summed E-state index contributed by atoms with van der Waals surface area (Å²) >= 11 is 0. The molecule has 1 fully saturated rings. The van der Waals surface area contributed by atoms with Crippen molar-refractivity contribution in [1.82, 2.24) is 34.8 Å². The van der Waals surface area contributed by atoms with E-state index in [1.54, 1.807) is 6.33 Å². The van der Waals surface area contributed by atoms with Gasteiger partial charge in [0.25, 0.3) is 0 Å². The maximum Gasteiger partial charge on any atom is 0.317 e. The molecule has 2 aromatic heterocycles. The average molecular weight is 408 g/mol. The zero-order chi connectivity index (χ0) is 21.1. The molecule has 158 valence electrons. The molecule has 0 saturated carbocycles. The number of carbonyl (C=O) groups is 1. The number of aromatic nitrogens is 5. The average Bonchev–Trinajstić information content (AvgIpc) is 3.30. The van der Waals surface area contributed by atoms with Crippen LogP contribution in [0.25, 0.3) is 0 Å². The monoisotopic (exact) mass is 407 g/mol. The number of carbonyl (C=O) groups excluding carboxylic acids is 1. The minimum Gasteiger partial charge on any atom is -0.334 e. The topological polar surface area (TPSA) is 80.9 Å². The maximum atomic E-state index is 12.7. The van der Waals surface area contributed by atoms with E-state index >= 15 is 0 Å². The predicted molar refractivity (Wildman–Crippen MR) is 114 cm³/mol. The van der Waals surface area contributed by atoms with E-state index in [2.05, 4.69) is 39.7 Å². The van der Waals surface area contributed by atoms with Crippen molar-refractivity contribution in [3.63, 3.8) is 0 Å². The second kappa shape index (κ2) is 8.69.